The number of benzene rings is 1. The molecule has 0 bridgehead atoms. The third-order valence-corrected chi connectivity index (χ3v) is 3.24. The van der Waals surface area contributed by atoms with Gasteiger partial charge >= 0.3 is 0 Å². The lowest BCUT2D eigenvalue weighted by Gasteiger charge is -2.33. The van der Waals surface area contributed by atoms with E-state index in [-0.39, 0.29) is 6.10 Å². The summed E-state index contributed by atoms with van der Waals surface area (Å²) < 4.78 is 5.83. The maximum Gasteiger partial charge on any atom is 0.0954 e. The van der Waals surface area contributed by atoms with Crippen LogP contribution in [-0.4, -0.2) is 31.1 Å². The van der Waals surface area contributed by atoms with Crippen molar-refractivity contribution in [3.05, 3.63) is 29.3 Å². The van der Waals surface area contributed by atoms with Gasteiger partial charge in [0.2, 0.25) is 0 Å². The van der Waals surface area contributed by atoms with Gasteiger partial charge in [-0.05, 0) is 36.7 Å². The fourth-order valence-electron chi connectivity index (χ4n) is 2.24. The molecule has 1 aromatic carbocycles. The Morgan fingerprint density at radius 1 is 1.50 bits per heavy atom. The van der Waals surface area contributed by atoms with Crippen molar-refractivity contribution in [3.8, 4) is 0 Å². The van der Waals surface area contributed by atoms with Crippen LogP contribution >= 0.6 is 0 Å². The molecule has 0 amide bonds. The molecular formula is C13H20N2O. The average molecular weight is 220 g/mol. The molecule has 1 aliphatic rings. The highest BCUT2D eigenvalue weighted by Gasteiger charge is 2.21. The van der Waals surface area contributed by atoms with Crippen LogP contribution in [0.2, 0.25) is 0 Å². The van der Waals surface area contributed by atoms with Crippen LogP contribution in [0.5, 0.6) is 0 Å². The smallest absolute Gasteiger partial charge is 0.0954 e. The first-order valence-electron chi connectivity index (χ1n) is 5.90. The van der Waals surface area contributed by atoms with Gasteiger partial charge in [-0.25, -0.2) is 0 Å². The molecular weight excluding hydrogens is 200 g/mol. The predicted octanol–water partition coefficient (Wildman–Crippen LogP) is 1.97. The lowest BCUT2D eigenvalue weighted by atomic mass is 10.0. The first-order valence-corrected chi connectivity index (χ1v) is 5.90. The second kappa shape index (κ2) is 4.85. The number of anilines is 1. The first kappa shape index (κ1) is 11.4. The van der Waals surface area contributed by atoms with E-state index in [1.807, 2.05) is 12.1 Å². The van der Waals surface area contributed by atoms with Crippen molar-refractivity contribution in [1.29, 1.82) is 0 Å². The molecule has 1 aromatic rings. The van der Waals surface area contributed by atoms with Crippen molar-refractivity contribution >= 4 is 5.69 Å². The van der Waals surface area contributed by atoms with E-state index >= 15 is 0 Å². The van der Waals surface area contributed by atoms with Gasteiger partial charge in [-0.1, -0.05) is 13.0 Å². The number of aryl methyl sites for hydroxylation is 1. The number of hydrogen-bond donors (Lipinski definition) is 1. The Kier molecular flexibility index (Phi) is 3.46. The van der Waals surface area contributed by atoms with Crippen molar-refractivity contribution in [2.45, 2.75) is 20.0 Å². The van der Waals surface area contributed by atoms with Crippen LogP contribution in [0.3, 0.4) is 0 Å². The largest absolute Gasteiger partial charge is 0.399 e. The van der Waals surface area contributed by atoms with Crippen LogP contribution in [0, 0.1) is 6.92 Å². The maximum absolute atomic E-state index is 5.83. The normalized spacial score (nSPS) is 22.2. The van der Waals surface area contributed by atoms with Crippen molar-refractivity contribution in [3.63, 3.8) is 0 Å². The van der Waals surface area contributed by atoms with Crippen LogP contribution in [0.25, 0.3) is 0 Å². The molecule has 1 saturated heterocycles. The monoisotopic (exact) mass is 220 g/mol. The fourth-order valence-corrected chi connectivity index (χ4v) is 2.24. The standard InChI is InChI=1S/C13H20N2O/c1-3-15-6-7-16-13(9-15)12-5-4-11(14)8-10(12)2/h4-5,8,13H,3,6-7,9,14H2,1-2H3. The van der Waals surface area contributed by atoms with E-state index in [0.29, 0.717) is 0 Å². The summed E-state index contributed by atoms with van der Waals surface area (Å²) in [5.41, 5.74) is 9.08. The summed E-state index contributed by atoms with van der Waals surface area (Å²) in [6.07, 6.45) is 0.203. The number of hydrogen-bond acceptors (Lipinski definition) is 3. The number of morpholine rings is 1. The van der Waals surface area contributed by atoms with E-state index in [9.17, 15) is 0 Å². The molecule has 2 rings (SSSR count). The molecule has 16 heavy (non-hydrogen) atoms. The molecule has 3 nitrogen and oxygen atoms in total. The fraction of sp³-hybridized carbons (Fsp3) is 0.538. The van der Waals surface area contributed by atoms with E-state index in [2.05, 4.69) is 24.8 Å². The third kappa shape index (κ3) is 2.36. The zero-order valence-electron chi connectivity index (χ0n) is 10.1. The molecule has 0 radical (unpaired) electrons. The minimum Gasteiger partial charge on any atom is -0.399 e. The van der Waals surface area contributed by atoms with E-state index in [1.165, 1.54) is 11.1 Å². The highest BCUT2D eigenvalue weighted by molar-refractivity contribution is 5.45. The highest BCUT2D eigenvalue weighted by atomic mass is 16.5. The Bertz CT molecular complexity index is 365. The molecule has 0 spiro atoms. The van der Waals surface area contributed by atoms with Crippen LogP contribution in [0.15, 0.2) is 18.2 Å². The van der Waals surface area contributed by atoms with Crippen molar-refractivity contribution in [1.82, 2.24) is 4.90 Å². The number of nitrogen functional groups attached to an aromatic ring is 1. The second-order valence-electron chi connectivity index (χ2n) is 4.37. The summed E-state index contributed by atoms with van der Waals surface area (Å²) >= 11 is 0. The molecule has 0 saturated carbocycles. The highest BCUT2D eigenvalue weighted by Crippen LogP contribution is 2.26. The Morgan fingerprint density at radius 2 is 2.31 bits per heavy atom. The summed E-state index contributed by atoms with van der Waals surface area (Å²) in [5, 5.41) is 0. The van der Waals surface area contributed by atoms with Gasteiger partial charge in [-0.3, -0.25) is 4.90 Å². The van der Waals surface area contributed by atoms with E-state index in [4.69, 9.17) is 10.5 Å². The van der Waals surface area contributed by atoms with Gasteiger partial charge in [0.1, 0.15) is 0 Å². The molecule has 88 valence electrons. The molecule has 1 atom stereocenters. The lowest BCUT2D eigenvalue weighted by molar-refractivity contribution is -0.0284. The maximum atomic E-state index is 5.83. The molecule has 1 aliphatic heterocycles. The van der Waals surface area contributed by atoms with Gasteiger partial charge in [-0.2, -0.15) is 0 Å². The Morgan fingerprint density at radius 3 is 3.00 bits per heavy atom. The van der Waals surface area contributed by atoms with Gasteiger partial charge in [0, 0.05) is 18.8 Å². The van der Waals surface area contributed by atoms with Gasteiger partial charge in [0.05, 0.1) is 12.7 Å². The third-order valence-electron chi connectivity index (χ3n) is 3.24. The number of nitrogens with two attached hydrogens (primary N) is 1. The van der Waals surface area contributed by atoms with Gasteiger partial charge in [0.15, 0.2) is 0 Å². The molecule has 0 aliphatic carbocycles. The van der Waals surface area contributed by atoms with Crippen molar-refractivity contribution in [2.75, 3.05) is 32.0 Å². The second-order valence-corrected chi connectivity index (χ2v) is 4.37. The Labute approximate surface area is 97.2 Å². The number of nitrogens with zero attached hydrogens (tertiary/aromatic N) is 1. The molecule has 1 heterocycles. The molecule has 1 unspecified atom stereocenters. The summed E-state index contributed by atoms with van der Waals surface area (Å²) in [6.45, 7) is 8.23. The van der Waals surface area contributed by atoms with Crippen molar-refractivity contribution < 1.29 is 4.74 Å². The molecule has 3 heteroatoms. The predicted molar refractivity (Wildman–Crippen MR) is 66.4 cm³/mol. The number of ether oxygens (including phenoxy) is 1. The summed E-state index contributed by atoms with van der Waals surface area (Å²) in [6, 6.07) is 6.06. The van der Waals surface area contributed by atoms with Crippen LogP contribution in [-0.2, 0) is 4.74 Å². The lowest BCUT2D eigenvalue weighted by Crippen LogP contribution is -2.38. The van der Waals surface area contributed by atoms with E-state index in [0.717, 1.165) is 31.9 Å². The zero-order valence-corrected chi connectivity index (χ0v) is 10.1. The van der Waals surface area contributed by atoms with Crippen LogP contribution in [0.1, 0.15) is 24.2 Å². The summed E-state index contributed by atoms with van der Waals surface area (Å²) in [4.78, 5) is 2.42. The minimum atomic E-state index is 0.203. The molecule has 0 aromatic heterocycles. The van der Waals surface area contributed by atoms with E-state index in [1.54, 1.807) is 0 Å². The van der Waals surface area contributed by atoms with Gasteiger partial charge < -0.3 is 10.5 Å². The Balaban J connectivity index is 2.16. The Hall–Kier alpha value is -1.06. The van der Waals surface area contributed by atoms with E-state index < -0.39 is 0 Å². The average Bonchev–Trinajstić information content (AvgIpc) is 2.29. The van der Waals surface area contributed by atoms with Gasteiger partial charge in [-0.15, -0.1) is 0 Å². The molecule has 2 N–H and O–H groups in total. The summed E-state index contributed by atoms with van der Waals surface area (Å²) in [5.74, 6) is 0. The van der Waals surface area contributed by atoms with Crippen LogP contribution < -0.4 is 5.73 Å². The van der Waals surface area contributed by atoms with Gasteiger partial charge in [0.25, 0.3) is 0 Å². The number of rotatable bonds is 2. The topological polar surface area (TPSA) is 38.5 Å². The summed E-state index contributed by atoms with van der Waals surface area (Å²) in [7, 11) is 0. The zero-order chi connectivity index (χ0) is 11.5. The van der Waals surface area contributed by atoms with Crippen molar-refractivity contribution in [2.24, 2.45) is 0 Å². The quantitative estimate of drug-likeness (QED) is 0.774. The SMILES string of the molecule is CCN1CCOC(c2ccc(N)cc2C)C1. The number of likely N-dealkylation sites (N-methyl/N-ethyl adjacent to an activating group) is 1. The minimum absolute atomic E-state index is 0.203. The molecule has 1 fully saturated rings. The van der Waals surface area contributed by atoms with Crippen LogP contribution in [0.4, 0.5) is 5.69 Å². The first-order chi connectivity index (χ1) is 7.70.